The third-order valence-corrected chi connectivity index (χ3v) is 1.79. The smallest absolute Gasteiger partial charge is 0.221 e. The van der Waals surface area contributed by atoms with Crippen LogP contribution in [-0.4, -0.2) is 10.9 Å². The minimum atomic E-state index is -0.334. The van der Waals surface area contributed by atoms with Crippen LogP contribution in [0.3, 0.4) is 0 Å². The SMILES string of the molecule is NC(=O)CC=Cc1cncc(Br)c1. The van der Waals surface area contributed by atoms with Crippen molar-refractivity contribution in [3.63, 3.8) is 0 Å². The Labute approximate surface area is 84.8 Å². The van der Waals surface area contributed by atoms with E-state index in [4.69, 9.17) is 5.73 Å². The van der Waals surface area contributed by atoms with Crippen molar-refractivity contribution in [1.82, 2.24) is 4.98 Å². The number of pyridine rings is 1. The first kappa shape index (κ1) is 9.92. The summed E-state index contributed by atoms with van der Waals surface area (Å²) in [6.45, 7) is 0. The summed E-state index contributed by atoms with van der Waals surface area (Å²) in [5.74, 6) is -0.334. The van der Waals surface area contributed by atoms with E-state index in [2.05, 4.69) is 20.9 Å². The summed E-state index contributed by atoms with van der Waals surface area (Å²) in [7, 11) is 0. The van der Waals surface area contributed by atoms with Gasteiger partial charge in [-0.3, -0.25) is 9.78 Å². The molecule has 1 aromatic heterocycles. The van der Waals surface area contributed by atoms with Crippen LogP contribution in [-0.2, 0) is 4.79 Å². The summed E-state index contributed by atoms with van der Waals surface area (Å²) < 4.78 is 0.911. The van der Waals surface area contributed by atoms with Gasteiger partial charge in [-0.2, -0.15) is 0 Å². The van der Waals surface area contributed by atoms with Crippen LogP contribution in [0.2, 0.25) is 0 Å². The van der Waals surface area contributed by atoms with Gasteiger partial charge in [0.25, 0.3) is 0 Å². The summed E-state index contributed by atoms with van der Waals surface area (Å²) >= 11 is 3.29. The van der Waals surface area contributed by atoms with E-state index in [1.165, 1.54) is 0 Å². The van der Waals surface area contributed by atoms with Crippen molar-refractivity contribution in [3.8, 4) is 0 Å². The molecule has 1 amide bonds. The van der Waals surface area contributed by atoms with Crippen molar-refractivity contribution in [2.24, 2.45) is 5.73 Å². The highest BCUT2D eigenvalue weighted by molar-refractivity contribution is 9.10. The summed E-state index contributed by atoms with van der Waals surface area (Å²) in [6.07, 6.45) is 7.19. The molecule has 0 fully saturated rings. The first-order valence-corrected chi connectivity index (χ1v) is 4.53. The maximum absolute atomic E-state index is 10.4. The van der Waals surface area contributed by atoms with Crippen molar-refractivity contribution in [3.05, 3.63) is 34.6 Å². The standard InChI is InChI=1S/C9H9BrN2O/c10-8-4-7(5-12-6-8)2-1-3-9(11)13/h1-2,4-6H,3H2,(H2,11,13). The van der Waals surface area contributed by atoms with Gasteiger partial charge in [-0.05, 0) is 27.6 Å². The zero-order chi connectivity index (χ0) is 9.68. The van der Waals surface area contributed by atoms with Gasteiger partial charge in [0.05, 0.1) is 0 Å². The van der Waals surface area contributed by atoms with Crippen molar-refractivity contribution in [2.45, 2.75) is 6.42 Å². The molecule has 0 saturated heterocycles. The number of hydrogen-bond acceptors (Lipinski definition) is 2. The summed E-state index contributed by atoms with van der Waals surface area (Å²) in [5, 5.41) is 0. The normalized spacial score (nSPS) is 10.5. The third kappa shape index (κ3) is 3.85. The van der Waals surface area contributed by atoms with Crippen LogP contribution in [0.1, 0.15) is 12.0 Å². The van der Waals surface area contributed by atoms with Gasteiger partial charge in [0.15, 0.2) is 0 Å². The number of nitrogens with zero attached hydrogens (tertiary/aromatic N) is 1. The minimum absolute atomic E-state index is 0.256. The Morgan fingerprint density at radius 1 is 1.62 bits per heavy atom. The van der Waals surface area contributed by atoms with Gasteiger partial charge in [0.1, 0.15) is 0 Å². The highest BCUT2D eigenvalue weighted by Crippen LogP contribution is 2.10. The highest BCUT2D eigenvalue weighted by Gasteiger charge is 1.90. The van der Waals surface area contributed by atoms with E-state index < -0.39 is 0 Å². The summed E-state index contributed by atoms with van der Waals surface area (Å²) in [4.78, 5) is 14.4. The second kappa shape index (κ2) is 4.77. The molecule has 3 nitrogen and oxygen atoms in total. The van der Waals surface area contributed by atoms with Gasteiger partial charge < -0.3 is 5.73 Å². The Morgan fingerprint density at radius 2 is 2.38 bits per heavy atom. The molecular formula is C9H9BrN2O. The van der Waals surface area contributed by atoms with Gasteiger partial charge in [-0.1, -0.05) is 12.2 Å². The molecule has 0 atom stereocenters. The lowest BCUT2D eigenvalue weighted by atomic mass is 10.2. The molecule has 0 unspecified atom stereocenters. The molecule has 0 aromatic carbocycles. The van der Waals surface area contributed by atoms with Crippen molar-refractivity contribution in [2.75, 3.05) is 0 Å². The molecule has 0 spiro atoms. The molecular weight excluding hydrogens is 232 g/mol. The number of rotatable bonds is 3. The lowest BCUT2D eigenvalue weighted by Gasteiger charge is -1.92. The van der Waals surface area contributed by atoms with Gasteiger partial charge in [0.2, 0.25) is 5.91 Å². The predicted molar refractivity (Wildman–Crippen MR) is 54.8 cm³/mol. The molecule has 1 rings (SSSR count). The number of amides is 1. The van der Waals surface area contributed by atoms with Gasteiger partial charge >= 0.3 is 0 Å². The third-order valence-electron chi connectivity index (χ3n) is 1.36. The van der Waals surface area contributed by atoms with Crippen LogP contribution < -0.4 is 5.73 Å². The van der Waals surface area contributed by atoms with Crippen LogP contribution in [0.25, 0.3) is 6.08 Å². The fraction of sp³-hybridized carbons (Fsp3) is 0.111. The molecule has 0 aliphatic heterocycles. The molecule has 0 saturated carbocycles. The maximum Gasteiger partial charge on any atom is 0.221 e. The van der Waals surface area contributed by atoms with Gasteiger partial charge in [-0.15, -0.1) is 0 Å². The van der Waals surface area contributed by atoms with Crippen LogP contribution in [0, 0.1) is 0 Å². The molecule has 1 heterocycles. The van der Waals surface area contributed by atoms with E-state index in [1.54, 1.807) is 18.5 Å². The Balaban J connectivity index is 2.63. The monoisotopic (exact) mass is 240 g/mol. The van der Waals surface area contributed by atoms with E-state index in [9.17, 15) is 4.79 Å². The Kier molecular flexibility index (Phi) is 3.64. The molecule has 4 heteroatoms. The number of nitrogens with two attached hydrogens (primary N) is 1. The van der Waals surface area contributed by atoms with Crippen molar-refractivity contribution < 1.29 is 4.79 Å². The van der Waals surface area contributed by atoms with Crippen molar-refractivity contribution in [1.29, 1.82) is 0 Å². The van der Waals surface area contributed by atoms with Crippen molar-refractivity contribution >= 4 is 27.9 Å². The fourth-order valence-corrected chi connectivity index (χ4v) is 1.21. The molecule has 0 aliphatic rings. The number of aromatic nitrogens is 1. The van der Waals surface area contributed by atoms with E-state index in [0.717, 1.165) is 10.0 Å². The largest absolute Gasteiger partial charge is 0.369 e. The predicted octanol–water partition coefficient (Wildman–Crippen LogP) is 1.73. The molecule has 0 radical (unpaired) electrons. The van der Waals surface area contributed by atoms with E-state index in [0.29, 0.717) is 0 Å². The Hall–Kier alpha value is -1.16. The molecule has 0 aliphatic carbocycles. The number of carbonyl (C=O) groups excluding carboxylic acids is 1. The topological polar surface area (TPSA) is 56.0 Å². The van der Waals surface area contributed by atoms with Gasteiger partial charge in [0, 0.05) is 23.3 Å². The zero-order valence-electron chi connectivity index (χ0n) is 6.90. The summed E-state index contributed by atoms with van der Waals surface area (Å²) in [5.41, 5.74) is 5.91. The minimum Gasteiger partial charge on any atom is -0.369 e. The molecule has 13 heavy (non-hydrogen) atoms. The molecule has 2 N–H and O–H groups in total. The average Bonchev–Trinajstić information content (AvgIpc) is 2.03. The number of primary amides is 1. The lowest BCUT2D eigenvalue weighted by molar-refractivity contribution is -0.117. The Bertz CT molecular complexity index is 336. The second-order valence-corrected chi connectivity index (χ2v) is 3.42. The van der Waals surface area contributed by atoms with E-state index >= 15 is 0 Å². The number of hydrogen-bond donors (Lipinski definition) is 1. The van der Waals surface area contributed by atoms with E-state index in [1.807, 2.05) is 12.1 Å². The molecule has 0 bridgehead atoms. The quantitative estimate of drug-likeness (QED) is 0.876. The molecule has 1 aromatic rings. The lowest BCUT2D eigenvalue weighted by Crippen LogP contribution is -2.07. The number of halogens is 1. The zero-order valence-corrected chi connectivity index (χ0v) is 8.49. The molecule has 68 valence electrons. The van der Waals surface area contributed by atoms with Crippen LogP contribution in [0.5, 0.6) is 0 Å². The first-order valence-electron chi connectivity index (χ1n) is 3.74. The maximum atomic E-state index is 10.4. The van der Waals surface area contributed by atoms with Crippen LogP contribution in [0.15, 0.2) is 29.0 Å². The average molecular weight is 241 g/mol. The van der Waals surface area contributed by atoms with Gasteiger partial charge in [-0.25, -0.2) is 0 Å². The highest BCUT2D eigenvalue weighted by atomic mass is 79.9. The summed E-state index contributed by atoms with van der Waals surface area (Å²) in [6, 6.07) is 1.91. The first-order chi connectivity index (χ1) is 6.18. The fourth-order valence-electron chi connectivity index (χ4n) is 0.831. The Morgan fingerprint density at radius 3 is 3.00 bits per heavy atom. The van der Waals surface area contributed by atoms with Crippen LogP contribution >= 0.6 is 15.9 Å². The second-order valence-electron chi connectivity index (χ2n) is 2.51. The van der Waals surface area contributed by atoms with Crippen LogP contribution in [0.4, 0.5) is 0 Å². The van der Waals surface area contributed by atoms with E-state index in [-0.39, 0.29) is 12.3 Å². The number of carbonyl (C=O) groups is 1.